The Hall–Kier alpha value is -1.54. The zero-order valence-corrected chi connectivity index (χ0v) is 10.1. The lowest BCUT2D eigenvalue weighted by atomic mass is 10.4. The van der Waals surface area contributed by atoms with Crippen molar-refractivity contribution in [1.82, 2.24) is 14.5 Å². The van der Waals surface area contributed by atoms with E-state index < -0.39 is 4.92 Å². The Balaban J connectivity index is 2.21. The van der Waals surface area contributed by atoms with Crippen LogP contribution in [-0.4, -0.2) is 50.7 Å². The number of ether oxygens (including phenoxy) is 1. The Morgan fingerprint density at radius 1 is 1.59 bits per heavy atom. The van der Waals surface area contributed by atoms with Crippen molar-refractivity contribution < 1.29 is 9.66 Å². The van der Waals surface area contributed by atoms with E-state index in [2.05, 4.69) is 4.98 Å². The summed E-state index contributed by atoms with van der Waals surface area (Å²) in [6.45, 7) is 2.62. The monoisotopic (exact) mass is 256 g/mol. The lowest BCUT2D eigenvalue weighted by Gasteiger charge is -2.27. The molecule has 1 saturated heterocycles. The van der Waals surface area contributed by atoms with E-state index in [0.29, 0.717) is 37.1 Å². The van der Waals surface area contributed by atoms with Crippen LogP contribution in [0.15, 0.2) is 6.20 Å². The van der Waals surface area contributed by atoms with Crippen molar-refractivity contribution >= 4 is 23.0 Å². The maximum atomic E-state index is 10.7. The van der Waals surface area contributed by atoms with Gasteiger partial charge in [-0.15, -0.1) is 0 Å². The molecule has 2 rings (SSSR count). The van der Waals surface area contributed by atoms with E-state index >= 15 is 0 Å². The van der Waals surface area contributed by atoms with Crippen LogP contribution in [0.5, 0.6) is 0 Å². The highest BCUT2D eigenvalue weighted by Gasteiger charge is 2.24. The molecular weight excluding hydrogens is 244 g/mol. The molecule has 0 N–H and O–H groups in total. The van der Waals surface area contributed by atoms with Crippen LogP contribution >= 0.6 is 12.2 Å². The van der Waals surface area contributed by atoms with Gasteiger partial charge in [0.2, 0.25) is 0 Å². The topological polar surface area (TPSA) is 73.4 Å². The molecule has 7 nitrogen and oxygen atoms in total. The molecule has 2 heterocycles. The van der Waals surface area contributed by atoms with E-state index in [1.807, 2.05) is 4.90 Å². The largest absolute Gasteiger partial charge is 0.378 e. The van der Waals surface area contributed by atoms with Gasteiger partial charge in [0.25, 0.3) is 5.82 Å². The minimum absolute atomic E-state index is 0.0596. The summed E-state index contributed by atoms with van der Waals surface area (Å²) in [6, 6.07) is 0. The number of nitro groups is 1. The van der Waals surface area contributed by atoms with Crippen molar-refractivity contribution in [2.45, 2.75) is 0 Å². The van der Waals surface area contributed by atoms with Crippen molar-refractivity contribution in [3.8, 4) is 0 Å². The first kappa shape index (κ1) is 11.9. The first-order valence-electron chi connectivity index (χ1n) is 5.14. The Bertz CT molecular complexity index is 453. The molecule has 0 amide bonds. The lowest BCUT2D eigenvalue weighted by Crippen LogP contribution is -2.41. The van der Waals surface area contributed by atoms with Crippen LogP contribution in [0.1, 0.15) is 5.82 Å². The number of aromatic nitrogens is 2. The van der Waals surface area contributed by atoms with Crippen molar-refractivity contribution in [2.75, 3.05) is 26.3 Å². The van der Waals surface area contributed by atoms with E-state index in [1.165, 1.54) is 10.8 Å². The van der Waals surface area contributed by atoms with Gasteiger partial charge in [0, 0.05) is 13.1 Å². The fourth-order valence-corrected chi connectivity index (χ4v) is 2.05. The number of morpholine rings is 1. The first-order chi connectivity index (χ1) is 8.11. The molecule has 1 aliphatic heterocycles. The van der Waals surface area contributed by atoms with E-state index in [0.717, 1.165) is 0 Å². The van der Waals surface area contributed by atoms with E-state index in [4.69, 9.17) is 17.0 Å². The molecule has 0 bridgehead atoms. The Morgan fingerprint density at radius 3 is 2.76 bits per heavy atom. The van der Waals surface area contributed by atoms with Crippen LogP contribution in [0.4, 0.5) is 5.82 Å². The Kier molecular flexibility index (Phi) is 3.34. The molecule has 92 valence electrons. The van der Waals surface area contributed by atoms with Crippen molar-refractivity contribution in [3.63, 3.8) is 0 Å². The van der Waals surface area contributed by atoms with Gasteiger partial charge in [-0.1, -0.05) is 12.2 Å². The van der Waals surface area contributed by atoms with Crippen LogP contribution in [-0.2, 0) is 11.8 Å². The van der Waals surface area contributed by atoms with Gasteiger partial charge in [-0.05, 0) is 4.92 Å². The highest BCUT2D eigenvalue weighted by molar-refractivity contribution is 7.80. The van der Waals surface area contributed by atoms with Gasteiger partial charge in [0.1, 0.15) is 6.20 Å². The smallest absolute Gasteiger partial charge is 0.342 e. The predicted molar refractivity (Wildman–Crippen MR) is 64.0 cm³/mol. The summed E-state index contributed by atoms with van der Waals surface area (Å²) in [5.74, 6) is 0.393. The third-order valence-corrected chi connectivity index (χ3v) is 3.08. The van der Waals surface area contributed by atoms with Crippen LogP contribution < -0.4 is 0 Å². The molecular formula is C9H12N4O3S. The lowest BCUT2D eigenvalue weighted by molar-refractivity contribution is -0.391. The molecule has 1 fully saturated rings. The highest BCUT2D eigenvalue weighted by Crippen LogP contribution is 2.14. The second kappa shape index (κ2) is 4.76. The van der Waals surface area contributed by atoms with Gasteiger partial charge in [-0.25, -0.2) is 9.55 Å². The number of rotatable bonds is 2. The molecule has 0 atom stereocenters. The summed E-state index contributed by atoms with van der Waals surface area (Å²) in [7, 11) is 1.59. The molecule has 1 aliphatic rings. The number of nitrogens with zero attached hydrogens (tertiary/aromatic N) is 4. The zero-order valence-electron chi connectivity index (χ0n) is 9.33. The van der Waals surface area contributed by atoms with Gasteiger partial charge in [-0.2, -0.15) is 0 Å². The third kappa shape index (κ3) is 2.27. The van der Waals surface area contributed by atoms with Gasteiger partial charge in [-0.3, -0.25) is 0 Å². The maximum Gasteiger partial charge on any atom is 0.342 e. The van der Waals surface area contributed by atoms with E-state index in [9.17, 15) is 10.1 Å². The number of hydrogen-bond acceptors (Lipinski definition) is 5. The molecule has 0 saturated carbocycles. The molecule has 8 heteroatoms. The molecule has 1 aromatic heterocycles. The molecule has 0 radical (unpaired) electrons. The van der Waals surface area contributed by atoms with Gasteiger partial charge in [0.15, 0.2) is 4.99 Å². The zero-order chi connectivity index (χ0) is 12.4. The molecule has 0 unspecified atom stereocenters. The normalized spacial score (nSPS) is 15.9. The number of hydrogen-bond donors (Lipinski definition) is 0. The molecule has 17 heavy (non-hydrogen) atoms. The summed E-state index contributed by atoms with van der Waals surface area (Å²) in [5, 5.41) is 10.7. The van der Waals surface area contributed by atoms with Gasteiger partial charge < -0.3 is 19.8 Å². The fourth-order valence-electron chi connectivity index (χ4n) is 1.68. The summed E-state index contributed by atoms with van der Waals surface area (Å²) in [5.41, 5.74) is 0. The second-order valence-corrected chi connectivity index (χ2v) is 4.05. The molecule has 0 aromatic carbocycles. The van der Waals surface area contributed by atoms with Gasteiger partial charge in [0.05, 0.1) is 20.3 Å². The van der Waals surface area contributed by atoms with Crippen molar-refractivity contribution in [3.05, 3.63) is 22.1 Å². The fraction of sp³-hybridized carbons (Fsp3) is 0.556. The van der Waals surface area contributed by atoms with Crippen LogP contribution in [0.3, 0.4) is 0 Å². The summed E-state index contributed by atoms with van der Waals surface area (Å²) in [6.07, 6.45) is 1.22. The number of thiocarbonyl (C=S) groups is 1. The van der Waals surface area contributed by atoms with Gasteiger partial charge >= 0.3 is 5.82 Å². The van der Waals surface area contributed by atoms with Crippen LogP contribution in [0.2, 0.25) is 0 Å². The third-order valence-electron chi connectivity index (χ3n) is 2.64. The van der Waals surface area contributed by atoms with Crippen molar-refractivity contribution in [2.24, 2.45) is 7.05 Å². The quantitative estimate of drug-likeness (QED) is 0.431. The van der Waals surface area contributed by atoms with Crippen molar-refractivity contribution in [1.29, 1.82) is 0 Å². The molecule has 0 spiro atoms. The molecule has 0 aliphatic carbocycles. The predicted octanol–water partition coefficient (Wildman–Crippen LogP) is 0.336. The maximum absolute atomic E-state index is 10.7. The summed E-state index contributed by atoms with van der Waals surface area (Å²) >= 11 is 5.29. The Labute approximate surface area is 103 Å². The average Bonchev–Trinajstić information content (AvgIpc) is 2.71. The minimum atomic E-state index is -0.474. The van der Waals surface area contributed by atoms with E-state index in [-0.39, 0.29) is 5.82 Å². The average molecular weight is 256 g/mol. The highest BCUT2D eigenvalue weighted by atomic mass is 32.1. The number of imidazole rings is 1. The standard InChI is InChI=1S/C9H12N4O3S/c1-11-7(13(14)15)6-10-8(11)9(17)12-2-4-16-5-3-12/h6H,2-5H2,1H3. The second-order valence-electron chi connectivity index (χ2n) is 3.66. The summed E-state index contributed by atoms with van der Waals surface area (Å²) in [4.78, 5) is 16.7. The van der Waals surface area contributed by atoms with E-state index in [1.54, 1.807) is 7.05 Å². The first-order valence-corrected chi connectivity index (χ1v) is 5.55. The SMILES string of the molecule is Cn1c([N+](=O)[O-])cnc1C(=S)N1CCOCC1. The Morgan fingerprint density at radius 2 is 2.24 bits per heavy atom. The van der Waals surface area contributed by atoms with Crippen LogP contribution in [0, 0.1) is 10.1 Å². The molecule has 1 aromatic rings. The summed E-state index contributed by atoms with van der Waals surface area (Å²) < 4.78 is 6.62. The minimum Gasteiger partial charge on any atom is -0.378 e. The van der Waals surface area contributed by atoms with Crippen LogP contribution in [0.25, 0.3) is 0 Å².